The molecule has 2 fully saturated rings. The second kappa shape index (κ2) is 21.8. The van der Waals surface area contributed by atoms with Gasteiger partial charge in [-0.05, 0) is 70.8 Å². The summed E-state index contributed by atoms with van der Waals surface area (Å²) in [6, 6.07) is 0. The number of ether oxygens (including phenoxy) is 3. The van der Waals surface area contributed by atoms with Gasteiger partial charge in [-0.25, -0.2) is 4.79 Å². The predicted molar refractivity (Wildman–Crippen MR) is 177 cm³/mol. The first-order chi connectivity index (χ1) is 21.8. The van der Waals surface area contributed by atoms with Crippen molar-refractivity contribution in [2.24, 2.45) is 0 Å². The Bertz CT molecular complexity index is 833. The summed E-state index contributed by atoms with van der Waals surface area (Å²) in [5.74, 6) is -0.315. The van der Waals surface area contributed by atoms with Crippen molar-refractivity contribution in [3.8, 4) is 0 Å². The molecule has 0 radical (unpaired) electrons. The number of aliphatic hydroxyl groups is 4. The molecule has 3 aliphatic heterocycles. The van der Waals surface area contributed by atoms with Gasteiger partial charge in [-0.3, -0.25) is 0 Å². The van der Waals surface area contributed by atoms with Gasteiger partial charge in [-0.2, -0.15) is 0 Å². The van der Waals surface area contributed by atoms with E-state index in [9.17, 15) is 25.2 Å². The molecule has 0 aromatic heterocycles. The number of hydrogen-bond donors (Lipinski definition) is 4. The maximum Gasteiger partial charge on any atom is 0.334 e. The van der Waals surface area contributed by atoms with Crippen LogP contribution >= 0.6 is 0 Å². The van der Waals surface area contributed by atoms with Gasteiger partial charge in [0.05, 0.1) is 48.8 Å². The van der Waals surface area contributed by atoms with E-state index in [1.807, 2.05) is 6.92 Å². The highest BCUT2D eigenvalue weighted by atomic mass is 16.6. The molecule has 45 heavy (non-hydrogen) atoms. The first-order valence-corrected chi connectivity index (χ1v) is 18.7. The van der Waals surface area contributed by atoms with Gasteiger partial charge in [0.1, 0.15) is 6.10 Å². The lowest BCUT2D eigenvalue weighted by Crippen LogP contribution is -2.33. The lowest BCUT2D eigenvalue weighted by molar-refractivity contribution is -0.139. The van der Waals surface area contributed by atoms with Gasteiger partial charge in [-0.15, -0.1) is 0 Å². The van der Waals surface area contributed by atoms with Crippen LogP contribution in [0.2, 0.25) is 0 Å². The van der Waals surface area contributed by atoms with E-state index in [2.05, 4.69) is 6.92 Å². The number of unbranched alkanes of at least 4 members (excludes halogenated alkanes) is 12. The largest absolute Gasteiger partial charge is 0.455 e. The summed E-state index contributed by atoms with van der Waals surface area (Å²) in [4.78, 5) is 11.7. The molecular formula is C37H66O8. The summed E-state index contributed by atoms with van der Waals surface area (Å²) in [5.41, 5.74) is 0.592. The van der Waals surface area contributed by atoms with Crippen molar-refractivity contribution in [1.29, 1.82) is 0 Å². The molecular weight excluding hydrogens is 572 g/mol. The van der Waals surface area contributed by atoms with E-state index in [-0.39, 0.29) is 42.6 Å². The monoisotopic (exact) mass is 638 g/mol. The Labute approximate surface area is 273 Å². The molecule has 262 valence electrons. The highest BCUT2D eigenvalue weighted by molar-refractivity contribution is 5.90. The summed E-state index contributed by atoms with van der Waals surface area (Å²) in [6.45, 7) is 4.06. The molecule has 3 unspecified atom stereocenters. The van der Waals surface area contributed by atoms with Crippen LogP contribution in [-0.4, -0.2) is 81.3 Å². The zero-order chi connectivity index (χ0) is 32.4. The number of carbonyl (C=O) groups excluding carboxylic acids is 1. The molecule has 0 aromatic rings. The average molecular weight is 639 g/mol. The predicted octanol–water partition coefficient (Wildman–Crippen LogP) is 6.83. The Balaban J connectivity index is 1.15. The standard InChI is InChI=1S/C37H66O8/c1-3-4-5-6-7-8-12-15-18-31(40)33-22-24-35(44-33)36-25-23-34(45-36)32(41)19-16-13-10-9-11-14-17-29(38)30(39)21-20-28-26-27(2)43-37(28)42/h26-27,29-36,38-41H,3-25H2,1-2H3/t27?,29?,30?,31-,32-,33-,34-,35-,36-/m0/s1. The van der Waals surface area contributed by atoms with E-state index < -0.39 is 18.3 Å². The fourth-order valence-electron chi connectivity index (χ4n) is 7.27. The lowest BCUT2D eigenvalue weighted by atomic mass is 9.98. The van der Waals surface area contributed by atoms with Gasteiger partial charge in [-0.1, -0.05) is 96.8 Å². The maximum absolute atomic E-state index is 11.7. The Morgan fingerprint density at radius 2 is 1.09 bits per heavy atom. The van der Waals surface area contributed by atoms with Crippen LogP contribution in [0.1, 0.15) is 162 Å². The minimum Gasteiger partial charge on any atom is -0.455 e. The highest BCUT2D eigenvalue weighted by Crippen LogP contribution is 2.34. The average Bonchev–Trinajstić information content (AvgIpc) is 3.78. The van der Waals surface area contributed by atoms with Crippen molar-refractivity contribution < 1.29 is 39.4 Å². The molecule has 0 aromatic carbocycles. The van der Waals surface area contributed by atoms with Gasteiger partial charge in [0.25, 0.3) is 0 Å². The number of aliphatic hydroxyl groups excluding tert-OH is 4. The Hall–Kier alpha value is -1.03. The molecule has 3 aliphatic rings. The number of carbonyl (C=O) groups is 1. The fraction of sp³-hybridized carbons (Fsp3) is 0.919. The van der Waals surface area contributed by atoms with E-state index in [1.54, 1.807) is 6.08 Å². The Morgan fingerprint density at radius 3 is 1.56 bits per heavy atom. The summed E-state index contributed by atoms with van der Waals surface area (Å²) in [6.07, 6.45) is 21.8. The lowest BCUT2D eigenvalue weighted by Gasteiger charge is -2.24. The second-order valence-electron chi connectivity index (χ2n) is 14.2. The normalized spacial score (nSPS) is 27.8. The molecule has 2 saturated heterocycles. The Kier molecular flexibility index (Phi) is 18.6. The number of hydrogen-bond acceptors (Lipinski definition) is 8. The van der Waals surface area contributed by atoms with E-state index in [0.29, 0.717) is 24.8 Å². The van der Waals surface area contributed by atoms with Crippen LogP contribution in [0.3, 0.4) is 0 Å². The van der Waals surface area contributed by atoms with Gasteiger partial charge in [0, 0.05) is 5.57 Å². The van der Waals surface area contributed by atoms with Crippen LogP contribution in [0, 0.1) is 0 Å². The van der Waals surface area contributed by atoms with E-state index >= 15 is 0 Å². The number of cyclic esters (lactones) is 1. The molecule has 0 aliphatic carbocycles. The van der Waals surface area contributed by atoms with Crippen LogP contribution in [0.5, 0.6) is 0 Å². The van der Waals surface area contributed by atoms with E-state index in [1.165, 1.54) is 44.9 Å². The van der Waals surface area contributed by atoms with E-state index in [0.717, 1.165) is 83.5 Å². The van der Waals surface area contributed by atoms with E-state index in [4.69, 9.17) is 14.2 Å². The van der Waals surface area contributed by atoms with Gasteiger partial charge >= 0.3 is 5.97 Å². The SMILES string of the molecule is CCCCCCCCCC[C@H](O)[C@@H]1CC[C@@H]([C@@H]2CC[C@@H]([C@@H](O)CCCCCCCCC(O)C(O)CCC3=CC(C)OC3=O)O2)O1. The third-order valence-electron chi connectivity index (χ3n) is 10.2. The summed E-state index contributed by atoms with van der Waals surface area (Å²) < 4.78 is 17.6. The summed E-state index contributed by atoms with van der Waals surface area (Å²) in [5, 5.41) is 42.0. The minimum absolute atomic E-state index is 0.0267. The Morgan fingerprint density at radius 1 is 0.644 bits per heavy atom. The second-order valence-corrected chi connectivity index (χ2v) is 14.2. The first-order valence-electron chi connectivity index (χ1n) is 18.7. The maximum atomic E-state index is 11.7. The van der Waals surface area contributed by atoms with Crippen LogP contribution in [-0.2, 0) is 19.0 Å². The van der Waals surface area contributed by atoms with Gasteiger partial charge < -0.3 is 34.6 Å². The van der Waals surface area contributed by atoms with Crippen LogP contribution in [0.15, 0.2) is 11.6 Å². The summed E-state index contributed by atoms with van der Waals surface area (Å²) >= 11 is 0. The van der Waals surface area contributed by atoms with Crippen molar-refractivity contribution in [3.05, 3.63) is 11.6 Å². The molecule has 9 atom stereocenters. The third kappa shape index (κ3) is 14.3. The molecule has 8 heteroatoms. The van der Waals surface area contributed by atoms with Crippen molar-refractivity contribution in [2.45, 2.75) is 216 Å². The van der Waals surface area contributed by atoms with Crippen LogP contribution < -0.4 is 0 Å². The van der Waals surface area contributed by atoms with Crippen molar-refractivity contribution in [1.82, 2.24) is 0 Å². The minimum atomic E-state index is -0.828. The molecule has 8 nitrogen and oxygen atoms in total. The number of rotatable bonds is 25. The van der Waals surface area contributed by atoms with Gasteiger partial charge in [0.2, 0.25) is 0 Å². The molecule has 3 rings (SSSR count). The third-order valence-corrected chi connectivity index (χ3v) is 10.2. The van der Waals surface area contributed by atoms with Crippen molar-refractivity contribution >= 4 is 5.97 Å². The smallest absolute Gasteiger partial charge is 0.334 e. The van der Waals surface area contributed by atoms with Gasteiger partial charge in [0.15, 0.2) is 0 Å². The molecule has 0 bridgehead atoms. The molecule has 0 amide bonds. The van der Waals surface area contributed by atoms with Crippen LogP contribution in [0.25, 0.3) is 0 Å². The number of esters is 1. The zero-order valence-electron chi connectivity index (χ0n) is 28.5. The van der Waals surface area contributed by atoms with Crippen LogP contribution in [0.4, 0.5) is 0 Å². The van der Waals surface area contributed by atoms with Crippen molar-refractivity contribution in [2.75, 3.05) is 0 Å². The van der Waals surface area contributed by atoms with Crippen molar-refractivity contribution in [3.63, 3.8) is 0 Å². The molecule has 4 N–H and O–H groups in total. The highest BCUT2D eigenvalue weighted by Gasteiger charge is 2.40. The zero-order valence-corrected chi connectivity index (χ0v) is 28.5. The molecule has 3 heterocycles. The topological polar surface area (TPSA) is 126 Å². The molecule has 0 saturated carbocycles. The quantitative estimate of drug-likeness (QED) is 0.0634. The fourth-order valence-corrected chi connectivity index (χ4v) is 7.27. The first kappa shape index (κ1) is 38.4. The summed E-state index contributed by atoms with van der Waals surface area (Å²) in [7, 11) is 0. The molecule has 0 spiro atoms.